The fraction of sp³-hybridized carbons (Fsp3) is 0. The van der Waals surface area contributed by atoms with E-state index < -0.39 is 11.8 Å². The minimum atomic E-state index is -0.678. The van der Waals surface area contributed by atoms with Gasteiger partial charge in [-0.25, -0.2) is 9.67 Å². The molecule has 9 nitrogen and oxygen atoms in total. The van der Waals surface area contributed by atoms with Crippen LogP contribution in [0.4, 0.5) is 0 Å². The fourth-order valence-corrected chi connectivity index (χ4v) is 3.29. The second-order valence-corrected chi connectivity index (χ2v) is 7.22. The van der Waals surface area contributed by atoms with Crippen LogP contribution in [0, 0.1) is 0 Å². The highest BCUT2D eigenvalue weighted by Crippen LogP contribution is 2.21. The number of rotatable bonds is 5. The summed E-state index contributed by atoms with van der Waals surface area (Å²) in [6.07, 6.45) is 0. The molecule has 34 heavy (non-hydrogen) atoms. The summed E-state index contributed by atoms with van der Waals surface area (Å²) in [5.41, 5.74) is 7.48. The van der Waals surface area contributed by atoms with Gasteiger partial charge in [-0.05, 0) is 12.1 Å². The monoisotopic (exact) mass is 450 g/mol. The largest absolute Gasteiger partial charge is 0.350 e. The molecule has 0 saturated carbocycles. The van der Waals surface area contributed by atoms with Gasteiger partial charge in [0.05, 0.1) is 5.69 Å². The quantitative estimate of drug-likeness (QED) is 0.395. The normalized spacial score (nSPS) is 10.6. The van der Waals surface area contributed by atoms with E-state index in [1.54, 1.807) is 4.68 Å². The van der Waals surface area contributed by atoms with Crippen molar-refractivity contribution in [2.75, 3.05) is 0 Å². The Kier molecular flexibility index (Phi) is 5.64. The van der Waals surface area contributed by atoms with E-state index in [2.05, 4.69) is 26.1 Å². The number of amides is 2. The molecule has 9 heteroatoms. The first-order chi connectivity index (χ1) is 16.7. The van der Waals surface area contributed by atoms with E-state index in [9.17, 15) is 9.59 Å². The molecular formula is C25H18N6O3. The predicted octanol–water partition coefficient (Wildman–Crippen LogP) is 3.66. The molecule has 0 saturated heterocycles. The summed E-state index contributed by atoms with van der Waals surface area (Å²) in [5, 5.41) is 8.26. The zero-order valence-electron chi connectivity index (χ0n) is 17.8. The standard InChI is InChI=1S/C25H18N6O3/c32-24(21-16-20(30-34-21)17-10-4-1-5-11-17)27-28-25(33)22-26-23(18-12-6-2-7-13-18)31(29-22)19-14-8-3-9-15-19/h1-16H,(H,27,32)(H,28,33). The molecule has 2 heterocycles. The first-order valence-corrected chi connectivity index (χ1v) is 10.4. The lowest BCUT2D eigenvalue weighted by molar-refractivity contribution is 0.0820. The number of carbonyl (C=O) groups excluding carboxylic acids is 2. The second-order valence-electron chi connectivity index (χ2n) is 7.22. The summed E-state index contributed by atoms with van der Waals surface area (Å²) in [7, 11) is 0. The van der Waals surface area contributed by atoms with Crippen LogP contribution in [-0.2, 0) is 0 Å². The van der Waals surface area contributed by atoms with Crippen LogP contribution in [0.25, 0.3) is 28.3 Å². The van der Waals surface area contributed by atoms with Crippen LogP contribution in [0.1, 0.15) is 21.2 Å². The topological polar surface area (TPSA) is 115 Å². The molecule has 0 radical (unpaired) electrons. The lowest BCUT2D eigenvalue weighted by Crippen LogP contribution is -2.42. The maximum atomic E-state index is 12.7. The molecule has 3 aromatic carbocycles. The highest BCUT2D eigenvalue weighted by Gasteiger charge is 2.20. The molecule has 2 amide bonds. The SMILES string of the molecule is O=C(NNC(=O)c1cc(-c2ccccc2)no1)c1nc(-c2ccccc2)n(-c2ccccc2)n1. The molecule has 0 aliphatic rings. The van der Waals surface area contributed by atoms with Crippen molar-refractivity contribution in [1.82, 2.24) is 30.8 Å². The number of aromatic nitrogens is 4. The van der Waals surface area contributed by atoms with Crippen LogP contribution in [0.5, 0.6) is 0 Å². The fourth-order valence-electron chi connectivity index (χ4n) is 3.29. The van der Waals surface area contributed by atoms with Crippen LogP contribution in [0.2, 0.25) is 0 Å². The summed E-state index contributed by atoms with van der Waals surface area (Å²) < 4.78 is 6.69. The van der Waals surface area contributed by atoms with Gasteiger partial charge in [0.1, 0.15) is 5.69 Å². The van der Waals surface area contributed by atoms with Crippen molar-refractivity contribution >= 4 is 11.8 Å². The minimum Gasteiger partial charge on any atom is -0.350 e. The van der Waals surface area contributed by atoms with Gasteiger partial charge in [-0.2, -0.15) is 0 Å². The molecule has 2 N–H and O–H groups in total. The van der Waals surface area contributed by atoms with Crippen molar-refractivity contribution in [3.63, 3.8) is 0 Å². The maximum Gasteiger partial charge on any atom is 0.309 e. The molecule has 0 aliphatic carbocycles. The third kappa shape index (κ3) is 4.30. The molecule has 0 fully saturated rings. The van der Waals surface area contributed by atoms with Gasteiger partial charge in [-0.3, -0.25) is 20.4 Å². The molecule has 0 unspecified atom stereocenters. The van der Waals surface area contributed by atoms with Gasteiger partial charge in [-0.1, -0.05) is 84.0 Å². The Morgan fingerprint density at radius 3 is 2.00 bits per heavy atom. The van der Waals surface area contributed by atoms with E-state index in [0.717, 1.165) is 16.8 Å². The van der Waals surface area contributed by atoms with E-state index >= 15 is 0 Å². The summed E-state index contributed by atoms with van der Waals surface area (Å²) in [6, 6.07) is 29.5. The number of carbonyl (C=O) groups is 2. The van der Waals surface area contributed by atoms with Crippen molar-refractivity contribution in [1.29, 1.82) is 0 Å². The average molecular weight is 450 g/mol. The van der Waals surface area contributed by atoms with Crippen LogP contribution in [-0.4, -0.2) is 31.7 Å². The van der Waals surface area contributed by atoms with Crippen molar-refractivity contribution in [3.05, 3.63) is 109 Å². The second kappa shape index (κ2) is 9.21. The Balaban J connectivity index is 1.34. The zero-order chi connectivity index (χ0) is 23.3. The smallest absolute Gasteiger partial charge is 0.309 e. The van der Waals surface area contributed by atoms with Crippen LogP contribution in [0.15, 0.2) is 102 Å². The predicted molar refractivity (Wildman–Crippen MR) is 124 cm³/mol. The molecule has 5 aromatic rings. The first-order valence-electron chi connectivity index (χ1n) is 10.4. The van der Waals surface area contributed by atoms with Gasteiger partial charge in [0, 0.05) is 17.2 Å². The molecule has 0 atom stereocenters. The number of hydrazine groups is 1. The minimum absolute atomic E-state index is 0.0492. The molecule has 0 spiro atoms. The van der Waals surface area contributed by atoms with Crippen LogP contribution < -0.4 is 10.9 Å². The highest BCUT2D eigenvalue weighted by molar-refractivity contribution is 5.96. The molecule has 2 aromatic heterocycles. The van der Waals surface area contributed by atoms with Crippen LogP contribution >= 0.6 is 0 Å². The van der Waals surface area contributed by atoms with Gasteiger partial charge in [0.25, 0.3) is 0 Å². The number of para-hydroxylation sites is 1. The summed E-state index contributed by atoms with van der Waals surface area (Å²) >= 11 is 0. The third-order valence-electron chi connectivity index (χ3n) is 4.94. The molecule has 0 bridgehead atoms. The maximum absolute atomic E-state index is 12.7. The van der Waals surface area contributed by atoms with Gasteiger partial charge >= 0.3 is 11.8 Å². The number of hydrogen-bond acceptors (Lipinski definition) is 6. The molecule has 5 rings (SSSR count). The Hall–Kier alpha value is -5.05. The van der Waals surface area contributed by atoms with Crippen molar-refractivity contribution < 1.29 is 14.1 Å². The lowest BCUT2D eigenvalue weighted by Gasteiger charge is -2.05. The Bertz CT molecular complexity index is 1370. The zero-order valence-corrected chi connectivity index (χ0v) is 17.8. The number of benzene rings is 3. The van der Waals surface area contributed by atoms with Crippen LogP contribution in [0.3, 0.4) is 0 Å². The molecule has 0 aliphatic heterocycles. The average Bonchev–Trinajstić information content (AvgIpc) is 3.57. The van der Waals surface area contributed by atoms with Crippen molar-refractivity contribution in [3.8, 4) is 28.3 Å². The Morgan fingerprint density at radius 2 is 1.32 bits per heavy atom. The van der Waals surface area contributed by atoms with E-state index in [0.29, 0.717) is 11.5 Å². The lowest BCUT2D eigenvalue weighted by atomic mass is 10.1. The molecular weight excluding hydrogens is 432 g/mol. The molecule has 166 valence electrons. The van der Waals surface area contributed by atoms with E-state index in [-0.39, 0.29) is 11.6 Å². The Morgan fingerprint density at radius 1 is 0.735 bits per heavy atom. The van der Waals surface area contributed by atoms with Gasteiger partial charge in [-0.15, -0.1) is 5.10 Å². The number of hydrogen-bond donors (Lipinski definition) is 2. The van der Waals surface area contributed by atoms with Gasteiger partial charge < -0.3 is 4.52 Å². The van der Waals surface area contributed by atoms with E-state index in [1.807, 2.05) is 91.0 Å². The Labute approximate surface area is 194 Å². The number of nitrogens with one attached hydrogen (secondary N) is 2. The summed E-state index contributed by atoms with van der Waals surface area (Å²) in [5.74, 6) is -1.000. The van der Waals surface area contributed by atoms with Gasteiger partial charge in [0.2, 0.25) is 11.6 Å². The third-order valence-corrected chi connectivity index (χ3v) is 4.94. The van der Waals surface area contributed by atoms with Crippen molar-refractivity contribution in [2.24, 2.45) is 0 Å². The number of nitrogens with zero attached hydrogens (tertiary/aromatic N) is 4. The first kappa shape index (κ1) is 20.8. The summed E-state index contributed by atoms with van der Waals surface area (Å²) in [6.45, 7) is 0. The highest BCUT2D eigenvalue weighted by atomic mass is 16.5. The van der Waals surface area contributed by atoms with E-state index in [1.165, 1.54) is 6.07 Å². The van der Waals surface area contributed by atoms with E-state index in [4.69, 9.17) is 4.52 Å². The van der Waals surface area contributed by atoms with Crippen molar-refractivity contribution in [2.45, 2.75) is 0 Å². The summed E-state index contributed by atoms with van der Waals surface area (Å²) in [4.78, 5) is 29.6. The van der Waals surface area contributed by atoms with Gasteiger partial charge in [0.15, 0.2) is 5.82 Å².